The van der Waals surface area contributed by atoms with Crippen molar-refractivity contribution in [1.29, 1.82) is 0 Å². The maximum Gasteiger partial charge on any atom is 0.294 e. The third kappa shape index (κ3) is 9.43. The van der Waals surface area contributed by atoms with E-state index in [0.29, 0.717) is 12.2 Å². The summed E-state index contributed by atoms with van der Waals surface area (Å²) < 4.78 is 0. The molecule has 16 nitrogen and oxygen atoms in total. The number of H-pyrrole nitrogens is 1. The molecule has 0 fully saturated rings. The number of nitrogens with one attached hydrogen (secondary N) is 1. The predicted octanol–water partition coefficient (Wildman–Crippen LogP) is 3.32. The number of nitrogens with zero attached hydrogens (tertiary/aromatic N) is 7. The Kier molecular flexibility index (Phi) is 12.5. The molecule has 2 amide bonds. The third-order valence-electron chi connectivity index (χ3n) is 6.84. The van der Waals surface area contributed by atoms with Crippen LogP contribution in [0.5, 0.6) is 0 Å². The number of benzene rings is 2. The van der Waals surface area contributed by atoms with Gasteiger partial charge in [-0.15, -0.1) is 30.4 Å². The first-order valence-corrected chi connectivity index (χ1v) is 14.2. The normalized spacial score (nSPS) is 11.5. The van der Waals surface area contributed by atoms with E-state index in [1.54, 1.807) is 13.8 Å². The molecule has 0 saturated carbocycles. The first kappa shape index (κ1) is 33.4. The minimum Gasteiger partial charge on any atom is -0.337 e. The highest BCUT2D eigenvalue weighted by Gasteiger charge is 2.35. The zero-order valence-corrected chi connectivity index (χ0v) is 24.8. The van der Waals surface area contributed by atoms with Gasteiger partial charge < -0.3 is 19.5 Å². The molecule has 2 aromatic carbocycles. The summed E-state index contributed by atoms with van der Waals surface area (Å²) in [5.41, 5.74) is 3.33. The third-order valence-corrected chi connectivity index (χ3v) is 6.84. The number of unbranched alkanes of at least 4 members (excludes halogenated alkanes) is 1. The Labute approximate surface area is 253 Å². The molecule has 0 aliphatic carbocycles. The van der Waals surface area contributed by atoms with Crippen LogP contribution in [0.15, 0.2) is 48.5 Å². The molecule has 0 saturated heterocycles. The average molecular weight is 613 g/mol. The molecular formula is C28H36N8O8. The van der Waals surface area contributed by atoms with E-state index in [1.807, 2.05) is 55.5 Å². The Morgan fingerprint density at radius 1 is 0.955 bits per heavy atom. The lowest BCUT2D eigenvalue weighted by molar-refractivity contribution is -0.758. The van der Waals surface area contributed by atoms with E-state index in [2.05, 4.69) is 30.3 Å². The average Bonchev–Trinajstić information content (AvgIpc) is 3.53. The lowest BCUT2D eigenvalue weighted by Crippen LogP contribution is -2.54. The van der Waals surface area contributed by atoms with Crippen LogP contribution < -0.4 is 0 Å². The van der Waals surface area contributed by atoms with Gasteiger partial charge in [-0.25, -0.2) is 0 Å². The highest BCUT2D eigenvalue weighted by molar-refractivity contribution is 5.88. The van der Waals surface area contributed by atoms with Gasteiger partial charge in [0.2, 0.25) is 17.6 Å². The highest BCUT2D eigenvalue weighted by Crippen LogP contribution is 2.30. The summed E-state index contributed by atoms with van der Waals surface area (Å²) in [6.45, 7) is 4.32. The molecular weight excluding hydrogens is 576 g/mol. The van der Waals surface area contributed by atoms with Crippen LogP contribution in [-0.4, -0.2) is 84.8 Å². The monoisotopic (exact) mass is 612 g/mol. The Morgan fingerprint density at radius 2 is 1.57 bits per heavy atom. The van der Waals surface area contributed by atoms with Gasteiger partial charge in [0.15, 0.2) is 0 Å². The zero-order chi connectivity index (χ0) is 32.1. The SMILES string of the molecule is CCCCC(=O)N(Cc1ccc(-c2ccccc2-c2nn[nH]n2)cc1)[C@H](C(=O)N(CCO[N+](=O)[O-])CCO[N+](=O)[O-])C(C)C. The van der Waals surface area contributed by atoms with E-state index in [4.69, 9.17) is 0 Å². The van der Waals surface area contributed by atoms with E-state index in [9.17, 15) is 29.8 Å². The largest absolute Gasteiger partial charge is 0.337 e. The number of tetrazole rings is 1. The van der Waals surface area contributed by atoms with Gasteiger partial charge in [0.05, 0.1) is 0 Å². The van der Waals surface area contributed by atoms with Crippen LogP contribution >= 0.6 is 0 Å². The second-order valence-electron chi connectivity index (χ2n) is 10.2. The molecule has 0 spiro atoms. The van der Waals surface area contributed by atoms with E-state index in [0.717, 1.165) is 28.7 Å². The topological polar surface area (TPSA) is 200 Å². The van der Waals surface area contributed by atoms with Crippen molar-refractivity contribution in [2.24, 2.45) is 5.92 Å². The molecule has 0 aliphatic heterocycles. The van der Waals surface area contributed by atoms with E-state index >= 15 is 0 Å². The van der Waals surface area contributed by atoms with Gasteiger partial charge in [-0.05, 0) is 34.2 Å². The Balaban J connectivity index is 1.90. The summed E-state index contributed by atoms with van der Waals surface area (Å²) in [7, 11) is 0. The fourth-order valence-corrected chi connectivity index (χ4v) is 4.75. The Bertz CT molecular complexity index is 1360. The summed E-state index contributed by atoms with van der Waals surface area (Å²) in [6, 6.07) is 14.2. The second-order valence-corrected chi connectivity index (χ2v) is 10.2. The van der Waals surface area contributed by atoms with Crippen molar-refractivity contribution >= 4 is 11.8 Å². The minimum absolute atomic E-state index is 0.120. The van der Waals surface area contributed by atoms with Crippen LogP contribution in [0.3, 0.4) is 0 Å². The number of hydrogen-bond acceptors (Lipinski definition) is 11. The Hall–Kier alpha value is -5.15. The Morgan fingerprint density at radius 3 is 2.09 bits per heavy atom. The maximum absolute atomic E-state index is 13.9. The molecule has 236 valence electrons. The smallest absolute Gasteiger partial charge is 0.294 e. The molecule has 1 aromatic heterocycles. The van der Waals surface area contributed by atoms with E-state index < -0.39 is 35.3 Å². The number of carbonyl (C=O) groups is 2. The van der Waals surface area contributed by atoms with Crippen LogP contribution in [0.4, 0.5) is 0 Å². The molecule has 3 rings (SSSR count). The first-order valence-electron chi connectivity index (χ1n) is 14.2. The van der Waals surface area contributed by atoms with Gasteiger partial charge in [0.25, 0.3) is 10.2 Å². The van der Waals surface area contributed by atoms with Crippen LogP contribution in [0.2, 0.25) is 0 Å². The van der Waals surface area contributed by atoms with Crippen molar-refractivity contribution in [1.82, 2.24) is 30.4 Å². The number of rotatable bonds is 18. The number of aromatic amines is 1. The van der Waals surface area contributed by atoms with E-state index in [-0.39, 0.29) is 37.9 Å². The van der Waals surface area contributed by atoms with Gasteiger partial charge in [0, 0.05) is 31.6 Å². The molecule has 16 heteroatoms. The van der Waals surface area contributed by atoms with Gasteiger partial charge in [-0.2, -0.15) is 5.21 Å². The van der Waals surface area contributed by atoms with Gasteiger partial charge in [-0.3, -0.25) is 9.59 Å². The van der Waals surface area contributed by atoms with Gasteiger partial charge in [-0.1, -0.05) is 75.7 Å². The predicted molar refractivity (Wildman–Crippen MR) is 156 cm³/mol. The zero-order valence-electron chi connectivity index (χ0n) is 24.8. The molecule has 0 aliphatic rings. The molecule has 1 atom stereocenters. The summed E-state index contributed by atoms with van der Waals surface area (Å²) in [5, 5.41) is 33.7. The molecule has 1 heterocycles. The summed E-state index contributed by atoms with van der Waals surface area (Å²) in [6.07, 6.45) is 1.62. The fourth-order valence-electron chi connectivity index (χ4n) is 4.75. The summed E-state index contributed by atoms with van der Waals surface area (Å²) in [4.78, 5) is 60.3. The molecule has 1 N–H and O–H groups in total. The summed E-state index contributed by atoms with van der Waals surface area (Å²) >= 11 is 0. The first-order chi connectivity index (χ1) is 21.1. The van der Waals surface area contributed by atoms with Crippen molar-refractivity contribution in [2.75, 3.05) is 26.3 Å². The van der Waals surface area contributed by atoms with Crippen molar-refractivity contribution in [3.8, 4) is 22.5 Å². The van der Waals surface area contributed by atoms with Crippen molar-refractivity contribution in [3.63, 3.8) is 0 Å². The second kappa shape index (κ2) is 16.5. The fraction of sp³-hybridized carbons (Fsp3) is 0.464. The molecule has 3 aromatic rings. The van der Waals surface area contributed by atoms with Crippen LogP contribution in [0.1, 0.15) is 45.6 Å². The number of amides is 2. The van der Waals surface area contributed by atoms with Crippen molar-refractivity contribution in [3.05, 3.63) is 74.3 Å². The van der Waals surface area contributed by atoms with Crippen molar-refractivity contribution < 1.29 is 29.4 Å². The lowest BCUT2D eigenvalue weighted by atomic mass is 9.97. The van der Waals surface area contributed by atoms with E-state index in [1.165, 1.54) is 9.80 Å². The van der Waals surface area contributed by atoms with Crippen LogP contribution in [0, 0.1) is 26.1 Å². The lowest BCUT2D eigenvalue weighted by Gasteiger charge is -2.37. The number of hydrogen-bond donors (Lipinski definition) is 1. The molecule has 0 bridgehead atoms. The maximum atomic E-state index is 13.9. The minimum atomic E-state index is -0.985. The number of carbonyl (C=O) groups excluding carboxylic acids is 2. The standard InChI is InChI=1S/C28H36N8O8/c1-4-5-10-25(37)34(26(20(2)3)28(38)33(15-17-43-35(39)40)16-18-44-36(41)42)19-21-11-13-22(14-12-21)23-8-6-7-9-24(23)27-29-31-32-30-27/h6-9,11-14,20,26H,4-5,10,15-19H2,1-3H3,(H,29,30,31,32)/t26-/m0/s1. The molecule has 0 unspecified atom stereocenters. The van der Waals surface area contributed by atoms with Gasteiger partial charge in [0.1, 0.15) is 19.3 Å². The van der Waals surface area contributed by atoms with Crippen molar-refractivity contribution in [2.45, 2.75) is 52.6 Å². The molecule has 0 radical (unpaired) electrons. The molecule has 44 heavy (non-hydrogen) atoms. The van der Waals surface area contributed by atoms with Gasteiger partial charge >= 0.3 is 0 Å². The quantitative estimate of drug-likeness (QED) is 0.163. The highest BCUT2D eigenvalue weighted by atomic mass is 17.0. The van der Waals surface area contributed by atoms with Crippen LogP contribution in [0.25, 0.3) is 22.5 Å². The summed E-state index contributed by atoms with van der Waals surface area (Å²) in [5.74, 6) is -0.653. The van der Waals surface area contributed by atoms with Crippen LogP contribution in [-0.2, 0) is 25.8 Å². The number of aromatic nitrogens is 4.